The topological polar surface area (TPSA) is 37.3 Å². The van der Waals surface area contributed by atoms with Gasteiger partial charge in [-0.3, -0.25) is 0 Å². The van der Waals surface area contributed by atoms with Gasteiger partial charge in [0.15, 0.2) is 0 Å². The molecule has 1 aromatic carbocycles. The third-order valence-corrected chi connectivity index (χ3v) is 7.62. The molecule has 0 unspecified atom stereocenters. The molecule has 0 saturated heterocycles. The van der Waals surface area contributed by atoms with Crippen molar-refractivity contribution in [3.63, 3.8) is 0 Å². The van der Waals surface area contributed by atoms with Gasteiger partial charge in [-0.05, 0) is 64.7 Å². The lowest BCUT2D eigenvalue weighted by Gasteiger charge is -2.42. The monoisotopic (exact) mass is 380 g/mol. The Kier molecular flexibility index (Phi) is 5.15. The Hall–Kier alpha value is -1.83. The van der Waals surface area contributed by atoms with E-state index in [9.17, 15) is 4.79 Å². The van der Waals surface area contributed by atoms with E-state index in [0.717, 1.165) is 12.0 Å². The Morgan fingerprint density at radius 1 is 1.11 bits per heavy atom. The lowest BCUT2D eigenvalue weighted by molar-refractivity contribution is -0.131. The van der Waals surface area contributed by atoms with Crippen LogP contribution >= 0.6 is 0 Å². The summed E-state index contributed by atoms with van der Waals surface area (Å²) in [6, 6.07) is 7.24. The number of carboxylic acids is 1. The molecule has 1 N–H and O–H groups in total. The molecule has 1 saturated carbocycles. The van der Waals surface area contributed by atoms with Crippen molar-refractivity contribution in [3.8, 4) is 0 Å². The fourth-order valence-electron chi connectivity index (χ4n) is 5.48. The van der Waals surface area contributed by atoms with Crippen molar-refractivity contribution in [2.75, 3.05) is 0 Å². The fourth-order valence-corrected chi connectivity index (χ4v) is 5.48. The predicted molar refractivity (Wildman–Crippen MR) is 117 cm³/mol. The fraction of sp³-hybridized carbons (Fsp3) is 0.577. The van der Waals surface area contributed by atoms with Crippen LogP contribution < -0.4 is 0 Å². The first-order chi connectivity index (χ1) is 12.9. The highest BCUT2D eigenvalue weighted by molar-refractivity contribution is 5.81. The molecule has 2 aliphatic rings. The van der Waals surface area contributed by atoms with Crippen LogP contribution in [0, 0.1) is 11.8 Å². The maximum absolute atomic E-state index is 10.9. The van der Waals surface area contributed by atoms with Crippen LogP contribution in [0.5, 0.6) is 0 Å². The second-order valence-corrected chi connectivity index (χ2v) is 10.4. The Labute approximate surface area is 170 Å². The van der Waals surface area contributed by atoms with Crippen molar-refractivity contribution in [2.45, 2.75) is 84.0 Å². The maximum Gasteiger partial charge on any atom is 0.328 e. The first kappa shape index (κ1) is 20.9. The van der Waals surface area contributed by atoms with E-state index in [1.807, 2.05) is 13.0 Å². The molecule has 0 amide bonds. The smallest absolute Gasteiger partial charge is 0.328 e. The molecule has 2 heteroatoms. The summed E-state index contributed by atoms with van der Waals surface area (Å²) in [4.78, 5) is 10.9. The van der Waals surface area contributed by atoms with Crippen molar-refractivity contribution in [2.24, 2.45) is 11.8 Å². The summed E-state index contributed by atoms with van der Waals surface area (Å²) in [5.41, 5.74) is 5.88. The van der Waals surface area contributed by atoms with Crippen LogP contribution in [0.2, 0.25) is 0 Å². The number of fused-ring (bicyclic) bond motifs is 1. The van der Waals surface area contributed by atoms with Gasteiger partial charge in [-0.2, -0.15) is 0 Å². The number of benzene rings is 1. The van der Waals surface area contributed by atoms with Gasteiger partial charge >= 0.3 is 5.97 Å². The Morgan fingerprint density at radius 2 is 1.71 bits per heavy atom. The van der Waals surface area contributed by atoms with Crippen LogP contribution in [-0.2, 0) is 21.0 Å². The van der Waals surface area contributed by atoms with E-state index in [1.54, 1.807) is 0 Å². The van der Waals surface area contributed by atoms with E-state index in [4.69, 9.17) is 5.11 Å². The average molecular weight is 381 g/mol. The molecule has 0 aromatic heterocycles. The Balaban J connectivity index is 1.97. The van der Waals surface area contributed by atoms with Crippen LogP contribution in [0.4, 0.5) is 0 Å². The van der Waals surface area contributed by atoms with Crippen LogP contribution in [0.15, 0.2) is 42.0 Å². The molecule has 28 heavy (non-hydrogen) atoms. The summed E-state index contributed by atoms with van der Waals surface area (Å²) in [6.45, 7) is 16.0. The third-order valence-electron chi connectivity index (χ3n) is 7.62. The van der Waals surface area contributed by atoms with E-state index >= 15 is 0 Å². The molecule has 1 fully saturated rings. The quantitative estimate of drug-likeness (QED) is 0.465. The summed E-state index contributed by atoms with van der Waals surface area (Å²) in [6.07, 6.45) is 9.10. The van der Waals surface area contributed by atoms with Gasteiger partial charge in [0.25, 0.3) is 0 Å². The lowest BCUT2D eigenvalue weighted by atomic mass is 9.62. The van der Waals surface area contributed by atoms with Crippen LogP contribution in [0.3, 0.4) is 0 Å². The standard InChI is InChI=1S/C26H36O2/c1-8-19-21(11-9-17(2)15-23(27)28)26(19,7)18-10-12-20-22(16-18)25(5,6)14-13-24(20,3)4/h9-12,15-16,19,21H,8,13-14H2,1-7H3,(H,27,28)/b11-9+,17-15+/t19-,21+,26-/m0/s1. The predicted octanol–water partition coefficient (Wildman–Crippen LogP) is 6.54. The SMILES string of the molecule is CC[C@H]1[C@@H](/C=C/C(C)=C/C(=O)O)[C@@]1(C)c1ccc2c(c1)C(C)(C)CCC2(C)C. The molecule has 0 spiro atoms. The highest BCUT2D eigenvalue weighted by atomic mass is 16.4. The van der Waals surface area contributed by atoms with Gasteiger partial charge in [0.05, 0.1) is 0 Å². The van der Waals surface area contributed by atoms with Crippen molar-refractivity contribution in [3.05, 3.63) is 58.7 Å². The van der Waals surface area contributed by atoms with Crippen LogP contribution in [-0.4, -0.2) is 11.1 Å². The molecular weight excluding hydrogens is 344 g/mol. The largest absolute Gasteiger partial charge is 0.478 e. The molecule has 0 heterocycles. The first-order valence-electron chi connectivity index (χ1n) is 10.7. The average Bonchev–Trinajstić information content (AvgIpc) is 3.21. The molecule has 152 valence electrons. The Morgan fingerprint density at radius 3 is 2.29 bits per heavy atom. The van der Waals surface area contributed by atoms with E-state index in [-0.39, 0.29) is 16.2 Å². The second-order valence-electron chi connectivity index (χ2n) is 10.4. The molecule has 3 rings (SSSR count). The summed E-state index contributed by atoms with van der Waals surface area (Å²) in [7, 11) is 0. The molecule has 2 aliphatic carbocycles. The number of hydrogen-bond donors (Lipinski definition) is 1. The molecular formula is C26H36O2. The van der Waals surface area contributed by atoms with Crippen molar-refractivity contribution in [1.29, 1.82) is 0 Å². The van der Waals surface area contributed by atoms with E-state index in [0.29, 0.717) is 11.8 Å². The zero-order valence-electron chi connectivity index (χ0n) is 18.6. The second kappa shape index (κ2) is 6.90. The van der Waals surface area contributed by atoms with Crippen molar-refractivity contribution >= 4 is 5.97 Å². The summed E-state index contributed by atoms with van der Waals surface area (Å²) in [5, 5.41) is 8.94. The van der Waals surface area contributed by atoms with Crippen LogP contribution in [0.25, 0.3) is 0 Å². The molecule has 1 aromatic rings. The van der Waals surface area contributed by atoms with Gasteiger partial charge < -0.3 is 5.11 Å². The molecule has 0 radical (unpaired) electrons. The number of carbonyl (C=O) groups is 1. The normalized spacial score (nSPS) is 30.9. The van der Waals surface area contributed by atoms with Gasteiger partial charge in [-0.1, -0.05) is 78.3 Å². The Bertz CT molecular complexity index is 840. The number of aliphatic carboxylic acids is 1. The zero-order chi connectivity index (χ0) is 20.9. The highest BCUT2D eigenvalue weighted by Gasteiger charge is 2.59. The van der Waals surface area contributed by atoms with Crippen molar-refractivity contribution < 1.29 is 9.90 Å². The number of rotatable bonds is 5. The minimum atomic E-state index is -0.882. The molecule has 2 nitrogen and oxygen atoms in total. The number of allylic oxidation sites excluding steroid dienone is 3. The highest BCUT2D eigenvalue weighted by Crippen LogP contribution is 2.63. The number of hydrogen-bond acceptors (Lipinski definition) is 1. The minimum absolute atomic E-state index is 0.140. The van der Waals surface area contributed by atoms with Gasteiger partial charge in [-0.15, -0.1) is 0 Å². The summed E-state index contributed by atoms with van der Waals surface area (Å²) >= 11 is 0. The van der Waals surface area contributed by atoms with E-state index in [1.165, 1.54) is 35.6 Å². The maximum atomic E-state index is 10.9. The first-order valence-corrected chi connectivity index (χ1v) is 10.7. The lowest BCUT2D eigenvalue weighted by Crippen LogP contribution is -2.34. The van der Waals surface area contributed by atoms with E-state index < -0.39 is 5.97 Å². The van der Waals surface area contributed by atoms with Gasteiger partial charge in [0, 0.05) is 11.5 Å². The third kappa shape index (κ3) is 3.47. The molecule has 3 atom stereocenters. The minimum Gasteiger partial charge on any atom is -0.478 e. The number of carboxylic acid groups (broad SMARTS) is 1. The van der Waals surface area contributed by atoms with Gasteiger partial charge in [0.2, 0.25) is 0 Å². The molecule has 0 bridgehead atoms. The van der Waals surface area contributed by atoms with E-state index in [2.05, 4.69) is 65.8 Å². The summed E-state index contributed by atoms with van der Waals surface area (Å²) < 4.78 is 0. The zero-order valence-corrected chi connectivity index (χ0v) is 18.6. The molecule has 0 aliphatic heterocycles. The summed E-state index contributed by atoms with van der Waals surface area (Å²) in [5.74, 6) is 0.193. The van der Waals surface area contributed by atoms with Gasteiger partial charge in [-0.25, -0.2) is 4.79 Å². The van der Waals surface area contributed by atoms with Gasteiger partial charge in [0.1, 0.15) is 0 Å². The van der Waals surface area contributed by atoms with Crippen molar-refractivity contribution in [1.82, 2.24) is 0 Å². The van der Waals surface area contributed by atoms with Crippen LogP contribution in [0.1, 0.15) is 84.4 Å².